The maximum Gasteiger partial charge on any atom is 0.0739 e. The van der Waals surface area contributed by atoms with Crippen LogP contribution in [0.3, 0.4) is 0 Å². The number of rotatable bonds is 9. The van der Waals surface area contributed by atoms with Crippen LogP contribution in [-0.4, -0.2) is 15.8 Å². The lowest BCUT2D eigenvalue weighted by Crippen LogP contribution is -2.29. The van der Waals surface area contributed by atoms with Crippen molar-refractivity contribution in [2.75, 3.05) is 0 Å². The number of hydrogen-bond acceptors (Lipinski definition) is 2. The molecular formula is C15H28BrN3. The Morgan fingerprint density at radius 3 is 2.53 bits per heavy atom. The van der Waals surface area contributed by atoms with E-state index in [0.717, 1.165) is 23.3 Å². The molecule has 0 aliphatic heterocycles. The van der Waals surface area contributed by atoms with Crippen LogP contribution in [0.15, 0.2) is 4.47 Å². The van der Waals surface area contributed by atoms with E-state index in [4.69, 9.17) is 0 Å². The highest BCUT2D eigenvalue weighted by atomic mass is 79.9. The van der Waals surface area contributed by atoms with E-state index >= 15 is 0 Å². The molecule has 0 saturated carbocycles. The van der Waals surface area contributed by atoms with E-state index in [2.05, 4.69) is 58.7 Å². The van der Waals surface area contributed by atoms with E-state index in [1.54, 1.807) is 0 Å². The summed E-state index contributed by atoms with van der Waals surface area (Å²) < 4.78 is 3.25. The molecule has 0 aliphatic rings. The van der Waals surface area contributed by atoms with E-state index in [0.29, 0.717) is 6.04 Å². The standard InChI is InChI=1S/C15H28BrN3/c1-5-8-10-13(9-6-2)17-11-14-15(16)12(4)18-19(14)7-3/h13,17H,5-11H2,1-4H3. The van der Waals surface area contributed by atoms with Crippen LogP contribution < -0.4 is 5.32 Å². The molecule has 1 unspecified atom stereocenters. The van der Waals surface area contributed by atoms with Crippen molar-refractivity contribution in [1.82, 2.24) is 15.1 Å². The number of nitrogens with one attached hydrogen (secondary N) is 1. The molecule has 4 heteroatoms. The summed E-state index contributed by atoms with van der Waals surface area (Å²) in [5, 5.41) is 8.25. The Hall–Kier alpha value is -0.350. The van der Waals surface area contributed by atoms with Crippen molar-refractivity contribution in [3.8, 4) is 0 Å². The molecule has 1 aromatic heterocycles. The largest absolute Gasteiger partial charge is 0.308 e. The zero-order valence-electron chi connectivity index (χ0n) is 12.8. The van der Waals surface area contributed by atoms with Crippen LogP contribution in [0.2, 0.25) is 0 Å². The maximum absolute atomic E-state index is 4.54. The van der Waals surface area contributed by atoms with Gasteiger partial charge in [-0.05, 0) is 42.6 Å². The fraction of sp³-hybridized carbons (Fsp3) is 0.800. The fourth-order valence-corrected chi connectivity index (χ4v) is 2.85. The third-order valence-electron chi connectivity index (χ3n) is 3.55. The van der Waals surface area contributed by atoms with Gasteiger partial charge in [0.1, 0.15) is 0 Å². The monoisotopic (exact) mass is 329 g/mol. The average molecular weight is 330 g/mol. The van der Waals surface area contributed by atoms with Crippen molar-refractivity contribution in [2.45, 2.75) is 78.9 Å². The minimum atomic E-state index is 0.636. The van der Waals surface area contributed by atoms with Crippen molar-refractivity contribution < 1.29 is 0 Å². The third kappa shape index (κ3) is 4.92. The van der Waals surface area contributed by atoms with Gasteiger partial charge in [-0.25, -0.2) is 0 Å². The summed E-state index contributed by atoms with van der Waals surface area (Å²) in [6, 6.07) is 0.636. The molecule has 3 nitrogen and oxygen atoms in total. The van der Waals surface area contributed by atoms with Gasteiger partial charge in [0.05, 0.1) is 15.9 Å². The van der Waals surface area contributed by atoms with Crippen LogP contribution in [0.4, 0.5) is 0 Å². The summed E-state index contributed by atoms with van der Waals surface area (Å²) in [6.07, 6.45) is 6.37. The van der Waals surface area contributed by atoms with E-state index in [1.165, 1.54) is 37.8 Å². The number of hydrogen-bond donors (Lipinski definition) is 1. The molecule has 110 valence electrons. The first kappa shape index (κ1) is 16.7. The molecule has 1 aromatic rings. The van der Waals surface area contributed by atoms with Crippen LogP contribution in [0.1, 0.15) is 64.3 Å². The lowest BCUT2D eigenvalue weighted by Gasteiger charge is -2.18. The molecule has 1 heterocycles. The first-order valence-corrected chi connectivity index (χ1v) is 8.38. The van der Waals surface area contributed by atoms with Crippen molar-refractivity contribution in [2.24, 2.45) is 0 Å². The number of nitrogens with zero attached hydrogens (tertiary/aromatic N) is 2. The Labute approximate surface area is 126 Å². The van der Waals surface area contributed by atoms with Gasteiger partial charge in [-0.2, -0.15) is 5.10 Å². The van der Waals surface area contributed by atoms with E-state index in [9.17, 15) is 0 Å². The zero-order valence-corrected chi connectivity index (χ0v) is 14.4. The second-order valence-corrected chi connectivity index (χ2v) is 5.96. The van der Waals surface area contributed by atoms with Crippen molar-refractivity contribution >= 4 is 15.9 Å². The molecule has 1 rings (SSSR count). The predicted molar refractivity (Wildman–Crippen MR) is 85.4 cm³/mol. The summed E-state index contributed by atoms with van der Waals surface area (Å²) in [7, 11) is 0. The molecule has 0 amide bonds. The van der Waals surface area contributed by atoms with Gasteiger partial charge in [0, 0.05) is 19.1 Å². The molecular weight excluding hydrogens is 302 g/mol. The highest BCUT2D eigenvalue weighted by molar-refractivity contribution is 9.10. The normalized spacial score (nSPS) is 12.9. The Morgan fingerprint density at radius 1 is 1.21 bits per heavy atom. The van der Waals surface area contributed by atoms with Gasteiger partial charge in [0.15, 0.2) is 0 Å². The molecule has 0 spiro atoms. The summed E-state index contributed by atoms with van der Waals surface area (Å²) in [4.78, 5) is 0. The SMILES string of the molecule is CCCCC(CCC)NCc1c(Br)c(C)nn1CC. The minimum Gasteiger partial charge on any atom is -0.308 e. The Balaban J connectivity index is 2.62. The Morgan fingerprint density at radius 2 is 1.95 bits per heavy atom. The second kappa shape index (κ2) is 8.75. The van der Waals surface area contributed by atoms with Gasteiger partial charge in [0.2, 0.25) is 0 Å². The third-order valence-corrected chi connectivity index (χ3v) is 4.59. The van der Waals surface area contributed by atoms with Gasteiger partial charge in [-0.3, -0.25) is 4.68 Å². The van der Waals surface area contributed by atoms with Crippen molar-refractivity contribution in [3.05, 3.63) is 15.9 Å². The topological polar surface area (TPSA) is 29.9 Å². The van der Waals surface area contributed by atoms with Gasteiger partial charge in [-0.1, -0.05) is 33.1 Å². The quantitative estimate of drug-likeness (QED) is 0.726. The van der Waals surface area contributed by atoms with Crippen LogP contribution >= 0.6 is 15.9 Å². The maximum atomic E-state index is 4.54. The van der Waals surface area contributed by atoms with Gasteiger partial charge in [0.25, 0.3) is 0 Å². The number of unbranched alkanes of at least 4 members (excludes halogenated alkanes) is 1. The summed E-state index contributed by atoms with van der Waals surface area (Å²) in [5.74, 6) is 0. The summed E-state index contributed by atoms with van der Waals surface area (Å²) >= 11 is 3.66. The number of halogens is 1. The van der Waals surface area contributed by atoms with Crippen molar-refractivity contribution in [1.29, 1.82) is 0 Å². The molecule has 0 saturated heterocycles. The number of aromatic nitrogens is 2. The summed E-state index contributed by atoms with van der Waals surface area (Å²) in [5.41, 5.74) is 2.36. The molecule has 19 heavy (non-hydrogen) atoms. The lowest BCUT2D eigenvalue weighted by molar-refractivity contribution is 0.424. The molecule has 0 radical (unpaired) electrons. The highest BCUT2D eigenvalue weighted by Crippen LogP contribution is 2.21. The van der Waals surface area contributed by atoms with Gasteiger partial charge < -0.3 is 5.32 Å². The van der Waals surface area contributed by atoms with Crippen LogP contribution in [0, 0.1) is 6.92 Å². The Bertz CT molecular complexity index is 374. The lowest BCUT2D eigenvalue weighted by atomic mass is 10.1. The predicted octanol–water partition coefficient (Wildman–Crippen LogP) is 4.42. The Kier molecular flexibility index (Phi) is 7.69. The minimum absolute atomic E-state index is 0.636. The van der Waals surface area contributed by atoms with E-state index in [1.807, 2.05) is 0 Å². The molecule has 0 fully saturated rings. The first-order valence-electron chi connectivity index (χ1n) is 7.59. The summed E-state index contributed by atoms with van der Waals surface area (Å²) in [6.45, 7) is 10.6. The molecule has 0 aliphatic carbocycles. The molecule has 1 N–H and O–H groups in total. The van der Waals surface area contributed by atoms with Crippen LogP contribution in [-0.2, 0) is 13.1 Å². The second-order valence-electron chi connectivity index (χ2n) is 5.17. The number of aryl methyl sites for hydroxylation is 2. The van der Waals surface area contributed by atoms with Gasteiger partial charge >= 0.3 is 0 Å². The highest BCUT2D eigenvalue weighted by Gasteiger charge is 2.14. The van der Waals surface area contributed by atoms with E-state index in [-0.39, 0.29) is 0 Å². The van der Waals surface area contributed by atoms with E-state index < -0.39 is 0 Å². The smallest absolute Gasteiger partial charge is 0.0739 e. The molecule has 1 atom stereocenters. The fourth-order valence-electron chi connectivity index (χ4n) is 2.43. The average Bonchev–Trinajstić information content (AvgIpc) is 2.68. The van der Waals surface area contributed by atoms with Crippen LogP contribution in [0.5, 0.6) is 0 Å². The first-order chi connectivity index (χ1) is 9.13. The van der Waals surface area contributed by atoms with Gasteiger partial charge in [-0.15, -0.1) is 0 Å². The van der Waals surface area contributed by atoms with Crippen LogP contribution in [0.25, 0.3) is 0 Å². The zero-order chi connectivity index (χ0) is 14.3. The van der Waals surface area contributed by atoms with Crippen molar-refractivity contribution in [3.63, 3.8) is 0 Å². The molecule has 0 aromatic carbocycles. The molecule has 0 bridgehead atoms.